The number of benzene rings is 2. The summed E-state index contributed by atoms with van der Waals surface area (Å²) in [6.45, 7) is 1.75. The first kappa shape index (κ1) is 16.3. The van der Waals surface area contributed by atoms with Crippen molar-refractivity contribution < 1.29 is 9.18 Å². The normalized spacial score (nSPS) is 13.2. The van der Waals surface area contributed by atoms with E-state index in [1.54, 1.807) is 12.3 Å². The van der Waals surface area contributed by atoms with Gasteiger partial charge in [0.25, 0.3) is 5.91 Å². The predicted molar refractivity (Wildman–Crippen MR) is 99.8 cm³/mol. The third-order valence-electron chi connectivity index (χ3n) is 4.55. The summed E-state index contributed by atoms with van der Waals surface area (Å²) in [5.41, 5.74) is 3.58. The predicted octanol–water partition coefficient (Wildman–Crippen LogP) is 4.04. The van der Waals surface area contributed by atoms with Gasteiger partial charge in [0.2, 0.25) is 0 Å². The Bertz CT molecular complexity index is 940. The van der Waals surface area contributed by atoms with Crippen molar-refractivity contribution in [2.24, 2.45) is 0 Å². The maximum atomic E-state index is 13.2. The van der Waals surface area contributed by atoms with Crippen LogP contribution in [0.2, 0.25) is 0 Å². The molecule has 1 aliphatic heterocycles. The molecule has 130 valence electrons. The molecule has 0 aliphatic carbocycles. The minimum Gasteiger partial charge on any atom is -0.352 e. The summed E-state index contributed by atoms with van der Waals surface area (Å²) in [5, 5.41) is 2.74. The van der Waals surface area contributed by atoms with E-state index in [0.29, 0.717) is 5.69 Å². The number of aromatic nitrogens is 1. The second kappa shape index (κ2) is 6.96. The SMILES string of the molecule is O=C(Nc1ccc(N2CCc3ccccc3C2)nc1)c1cccc(F)c1. The van der Waals surface area contributed by atoms with Crippen LogP contribution >= 0.6 is 0 Å². The van der Waals surface area contributed by atoms with Crippen molar-refractivity contribution >= 4 is 17.4 Å². The number of hydrogen-bond acceptors (Lipinski definition) is 3. The monoisotopic (exact) mass is 347 g/mol. The van der Waals surface area contributed by atoms with Gasteiger partial charge in [-0.1, -0.05) is 30.3 Å². The lowest BCUT2D eigenvalue weighted by Gasteiger charge is -2.29. The third kappa shape index (κ3) is 3.42. The van der Waals surface area contributed by atoms with Gasteiger partial charge in [-0.15, -0.1) is 0 Å². The van der Waals surface area contributed by atoms with E-state index >= 15 is 0 Å². The highest BCUT2D eigenvalue weighted by Crippen LogP contribution is 2.23. The highest BCUT2D eigenvalue weighted by atomic mass is 19.1. The van der Waals surface area contributed by atoms with Crippen LogP contribution in [0.4, 0.5) is 15.9 Å². The maximum Gasteiger partial charge on any atom is 0.255 e. The van der Waals surface area contributed by atoms with Crippen LogP contribution in [0.25, 0.3) is 0 Å². The lowest BCUT2D eigenvalue weighted by molar-refractivity contribution is 0.102. The first-order chi connectivity index (χ1) is 12.7. The van der Waals surface area contributed by atoms with Crippen molar-refractivity contribution in [2.75, 3.05) is 16.8 Å². The van der Waals surface area contributed by atoms with Crippen LogP contribution in [0.15, 0.2) is 66.9 Å². The number of pyridine rings is 1. The number of amides is 1. The smallest absolute Gasteiger partial charge is 0.255 e. The standard InChI is InChI=1S/C21H18FN3O/c22-18-7-3-6-16(12-18)21(26)24-19-8-9-20(23-13-19)25-11-10-15-4-1-2-5-17(15)14-25/h1-9,12-13H,10-11,14H2,(H,24,26). The quantitative estimate of drug-likeness (QED) is 0.778. The molecule has 4 rings (SSSR count). The molecule has 0 saturated heterocycles. The molecule has 1 amide bonds. The molecule has 3 aromatic rings. The number of fused-ring (bicyclic) bond motifs is 1. The van der Waals surface area contributed by atoms with Crippen molar-refractivity contribution in [2.45, 2.75) is 13.0 Å². The molecule has 2 aromatic carbocycles. The lowest BCUT2D eigenvalue weighted by Crippen LogP contribution is -2.30. The van der Waals surface area contributed by atoms with E-state index in [4.69, 9.17) is 0 Å². The molecule has 0 atom stereocenters. The highest BCUT2D eigenvalue weighted by Gasteiger charge is 2.17. The van der Waals surface area contributed by atoms with Crippen molar-refractivity contribution in [3.8, 4) is 0 Å². The molecule has 1 aromatic heterocycles. The lowest BCUT2D eigenvalue weighted by atomic mass is 10.00. The summed E-state index contributed by atoms with van der Waals surface area (Å²) in [5.74, 6) is 0.0886. The van der Waals surface area contributed by atoms with Crippen LogP contribution in [0, 0.1) is 5.82 Å². The number of rotatable bonds is 3. The van der Waals surface area contributed by atoms with E-state index in [2.05, 4.69) is 39.5 Å². The van der Waals surface area contributed by atoms with Crippen LogP contribution < -0.4 is 10.2 Å². The fraction of sp³-hybridized carbons (Fsp3) is 0.143. The fourth-order valence-corrected chi connectivity index (χ4v) is 3.17. The van der Waals surface area contributed by atoms with Gasteiger partial charge in [-0.2, -0.15) is 0 Å². The van der Waals surface area contributed by atoms with Gasteiger partial charge >= 0.3 is 0 Å². The van der Waals surface area contributed by atoms with Gasteiger partial charge in [-0.05, 0) is 47.9 Å². The largest absolute Gasteiger partial charge is 0.352 e. The Kier molecular flexibility index (Phi) is 4.35. The zero-order valence-electron chi connectivity index (χ0n) is 14.2. The second-order valence-corrected chi connectivity index (χ2v) is 6.31. The van der Waals surface area contributed by atoms with Crippen LogP contribution in [0.5, 0.6) is 0 Å². The van der Waals surface area contributed by atoms with Gasteiger partial charge in [0, 0.05) is 18.7 Å². The minimum absolute atomic E-state index is 0.279. The summed E-state index contributed by atoms with van der Waals surface area (Å²) in [7, 11) is 0. The van der Waals surface area contributed by atoms with E-state index in [9.17, 15) is 9.18 Å². The van der Waals surface area contributed by atoms with E-state index < -0.39 is 5.82 Å². The highest BCUT2D eigenvalue weighted by molar-refractivity contribution is 6.04. The van der Waals surface area contributed by atoms with Crippen LogP contribution in [-0.2, 0) is 13.0 Å². The van der Waals surface area contributed by atoms with Crippen LogP contribution in [0.3, 0.4) is 0 Å². The van der Waals surface area contributed by atoms with Gasteiger partial charge in [0.05, 0.1) is 11.9 Å². The van der Waals surface area contributed by atoms with Gasteiger partial charge in [0.15, 0.2) is 0 Å². The van der Waals surface area contributed by atoms with E-state index in [0.717, 1.165) is 25.3 Å². The molecule has 0 radical (unpaired) electrons. The Morgan fingerprint density at radius 3 is 2.65 bits per heavy atom. The molecule has 0 unspecified atom stereocenters. The number of halogens is 1. The summed E-state index contributed by atoms with van der Waals surface area (Å²) in [6.07, 6.45) is 2.63. The molecule has 4 nitrogen and oxygen atoms in total. The van der Waals surface area contributed by atoms with Gasteiger partial charge < -0.3 is 10.2 Å². The zero-order chi connectivity index (χ0) is 17.9. The first-order valence-electron chi connectivity index (χ1n) is 8.54. The Balaban J connectivity index is 1.45. The van der Waals surface area contributed by atoms with Gasteiger partial charge in [-0.3, -0.25) is 4.79 Å². The number of carbonyl (C=O) groups excluding carboxylic acids is 1. The maximum absolute atomic E-state index is 13.2. The van der Waals surface area contributed by atoms with Crippen LogP contribution in [0.1, 0.15) is 21.5 Å². The molecule has 0 bridgehead atoms. The Hall–Kier alpha value is -3.21. The first-order valence-corrected chi connectivity index (χ1v) is 8.54. The molecule has 0 fully saturated rings. The van der Waals surface area contributed by atoms with Gasteiger partial charge in [0.1, 0.15) is 11.6 Å². The molecule has 0 saturated carbocycles. The molecular weight excluding hydrogens is 329 g/mol. The number of nitrogens with zero attached hydrogens (tertiary/aromatic N) is 2. The Labute approximate surface area is 151 Å². The second-order valence-electron chi connectivity index (χ2n) is 6.31. The Morgan fingerprint density at radius 2 is 1.88 bits per heavy atom. The molecule has 2 heterocycles. The van der Waals surface area contributed by atoms with Crippen molar-refractivity contribution in [1.29, 1.82) is 0 Å². The average molecular weight is 347 g/mol. The number of hydrogen-bond donors (Lipinski definition) is 1. The fourth-order valence-electron chi connectivity index (χ4n) is 3.17. The summed E-state index contributed by atoms with van der Waals surface area (Å²) >= 11 is 0. The van der Waals surface area contributed by atoms with Gasteiger partial charge in [-0.25, -0.2) is 9.37 Å². The summed E-state index contributed by atoms with van der Waals surface area (Å²) in [4.78, 5) is 18.9. The van der Waals surface area contributed by atoms with Crippen molar-refractivity contribution in [3.63, 3.8) is 0 Å². The summed E-state index contributed by atoms with van der Waals surface area (Å²) < 4.78 is 13.2. The third-order valence-corrected chi connectivity index (χ3v) is 4.55. The van der Waals surface area contributed by atoms with Crippen LogP contribution in [-0.4, -0.2) is 17.4 Å². The van der Waals surface area contributed by atoms with E-state index in [1.807, 2.05) is 12.1 Å². The minimum atomic E-state index is -0.434. The molecule has 26 heavy (non-hydrogen) atoms. The Morgan fingerprint density at radius 1 is 1.04 bits per heavy atom. The number of nitrogens with one attached hydrogen (secondary N) is 1. The topological polar surface area (TPSA) is 45.2 Å². The molecule has 1 aliphatic rings. The van der Waals surface area contributed by atoms with E-state index in [-0.39, 0.29) is 11.5 Å². The average Bonchev–Trinajstić information content (AvgIpc) is 2.68. The molecular formula is C21H18FN3O. The molecule has 0 spiro atoms. The molecule has 1 N–H and O–H groups in total. The van der Waals surface area contributed by atoms with Crippen molar-refractivity contribution in [3.05, 3.63) is 89.4 Å². The number of carbonyl (C=O) groups is 1. The summed E-state index contributed by atoms with van der Waals surface area (Å²) in [6, 6.07) is 17.8. The number of anilines is 2. The van der Waals surface area contributed by atoms with E-state index in [1.165, 1.54) is 29.3 Å². The molecule has 5 heteroatoms. The van der Waals surface area contributed by atoms with Crippen molar-refractivity contribution in [1.82, 2.24) is 4.98 Å². The zero-order valence-corrected chi connectivity index (χ0v) is 14.2.